The van der Waals surface area contributed by atoms with Crippen molar-refractivity contribution in [1.29, 1.82) is 0 Å². The minimum absolute atomic E-state index is 0.0173. The standard InChI is InChI=1S/C31H28BrF2O4P/c32-29-21-25(18-19-27(29)23-39(36,37-33)38-34)22-31(28-16-8-3-9-17-28,30(35)26-14-6-2-7-15-26)20-10-13-24-11-4-1-5-12-24/h1-9,11-12,14-19,21H,10,13,20,22-23H2. The van der Waals surface area contributed by atoms with Gasteiger partial charge in [-0.15, -0.1) is 9.46 Å². The molecule has 4 nitrogen and oxygen atoms in total. The van der Waals surface area contributed by atoms with Gasteiger partial charge >= 0.3 is 7.60 Å². The molecule has 0 saturated carbocycles. The van der Waals surface area contributed by atoms with E-state index < -0.39 is 19.2 Å². The molecule has 0 aliphatic heterocycles. The molecule has 8 heteroatoms. The predicted molar refractivity (Wildman–Crippen MR) is 152 cm³/mol. The summed E-state index contributed by atoms with van der Waals surface area (Å²) in [4.78, 5) is 14.4. The van der Waals surface area contributed by atoms with Gasteiger partial charge in [0.05, 0.1) is 11.6 Å². The zero-order valence-corrected chi connectivity index (χ0v) is 23.6. The summed E-state index contributed by atoms with van der Waals surface area (Å²) < 4.78 is 44.3. The number of rotatable bonds is 13. The number of carbonyl (C=O) groups excluding carboxylic acids is 1. The second kappa shape index (κ2) is 13.4. The van der Waals surface area contributed by atoms with Crippen molar-refractivity contribution in [2.75, 3.05) is 0 Å². The lowest BCUT2D eigenvalue weighted by atomic mass is 9.67. The van der Waals surface area contributed by atoms with Crippen LogP contribution in [-0.2, 0) is 38.4 Å². The Bertz CT molecular complexity index is 1410. The van der Waals surface area contributed by atoms with Crippen LogP contribution in [0.2, 0.25) is 0 Å². The Morgan fingerprint density at radius 3 is 1.97 bits per heavy atom. The molecular formula is C31H28BrF2O4P. The molecule has 0 spiro atoms. The van der Waals surface area contributed by atoms with Gasteiger partial charge in [-0.3, -0.25) is 9.36 Å². The molecule has 0 saturated heterocycles. The molecule has 39 heavy (non-hydrogen) atoms. The molecule has 202 valence electrons. The molecule has 4 aromatic rings. The minimum Gasteiger partial charge on any atom is -0.293 e. The van der Waals surface area contributed by atoms with Gasteiger partial charge in [-0.1, -0.05) is 119 Å². The van der Waals surface area contributed by atoms with Gasteiger partial charge in [0.2, 0.25) is 0 Å². The van der Waals surface area contributed by atoms with Gasteiger partial charge < -0.3 is 0 Å². The summed E-state index contributed by atoms with van der Waals surface area (Å²) >= 11 is 3.43. The number of benzene rings is 4. The summed E-state index contributed by atoms with van der Waals surface area (Å²) in [6.45, 7) is 0. The van der Waals surface area contributed by atoms with Gasteiger partial charge in [-0.25, -0.2) is 0 Å². The molecule has 0 heterocycles. The summed E-state index contributed by atoms with van der Waals surface area (Å²) in [5, 5.41) is 0. The van der Waals surface area contributed by atoms with E-state index in [-0.39, 0.29) is 5.78 Å². The highest BCUT2D eigenvalue weighted by Crippen LogP contribution is 2.53. The van der Waals surface area contributed by atoms with Gasteiger partial charge in [0.25, 0.3) is 0 Å². The number of Topliss-reactive ketones (excluding diaryl/α,β-unsaturated/α-hetero) is 1. The van der Waals surface area contributed by atoms with E-state index in [1.807, 2.05) is 78.9 Å². The Kier molecular flexibility index (Phi) is 9.98. The van der Waals surface area contributed by atoms with Crippen LogP contribution in [0.15, 0.2) is 114 Å². The number of aryl methyl sites for hydroxylation is 1. The van der Waals surface area contributed by atoms with E-state index in [9.17, 15) is 18.4 Å². The molecule has 0 aromatic heterocycles. The maximum Gasteiger partial charge on any atom is 0.399 e. The van der Waals surface area contributed by atoms with Crippen molar-refractivity contribution < 1.29 is 27.9 Å². The van der Waals surface area contributed by atoms with Crippen LogP contribution < -0.4 is 0 Å². The van der Waals surface area contributed by atoms with E-state index in [0.29, 0.717) is 28.4 Å². The Balaban J connectivity index is 1.74. The highest BCUT2D eigenvalue weighted by molar-refractivity contribution is 9.10. The molecule has 0 bridgehead atoms. The first-order chi connectivity index (χ1) is 18.9. The van der Waals surface area contributed by atoms with Gasteiger partial charge in [-0.2, -0.15) is 0 Å². The summed E-state index contributed by atoms with van der Waals surface area (Å²) in [5.74, 6) is 0.0173. The Hall–Kier alpha value is -2.96. The van der Waals surface area contributed by atoms with Crippen molar-refractivity contribution in [3.8, 4) is 0 Å². The fourth-order valence-electron chi connectivity index (χ4n) is 4.97. The number of halogens is 3. The lowest BCUT2D eigenvalue weighted by molar-refractivity contribution is -0.0881. The third kappa shape index (κ3) is 7.17. The topological polar surface area (TPSA) is 52.6 Å². The summed E-state index contributed by atoms with van der Waals surface area (Å²) in [6, 6.07) is 34.4. The number of hydrogen-bond acceptors (Lipinski definition) is 4. The number of hydrogen-bond donors (Lipinski definition) is 0. The first-order valence-corrected chi connectivity index (χ1v) is 15.1. The smallest absolute Gasteiger partial charge is 0.293 e. The van der Waals surface area contributed by atoms with Crippen molar-refractivity contribution in [1.82, 2.24) is 0 Å². The third-order valence-corrected chi connectivity index (χ3v) is 8.79. The Morgan fingerprint density at radius 2 is 1.38 bits per heavy atom. The molecule has 1 atom stereocenters. The maximum absolute atomic E-state index is 14.4. The summed E-state index contributed by atoms with van der Waals surface area (Å²) in [7, 11) is -4.55. The molecule has 0 N–H and O–H groups in total. The SMILES string of the molecule is O=C(c1ccccc1)C(CCCc1ccccc1)(Cc1ccc(CP(=O)(OF)OF)c(Br)c1)c1ccccc1. The van der Waals surface area contributed by atoms with Gasteiger partial charge in [0, 0.05) is 10.0 Å². The van der Waals surface area contributed by atoms with Crippen LogP contribution >= 0.6 is 23.5 Å². The average Bonchev–Trinajstić information content (AvgIpc) is 2.99. The normalized spacial score (nSPS) is 13.1. The third-order valence-electron chi connectivity index (χ3n) is 6.91. The van der Waals surface area contributed by atoms with Crippen LogP contribution in [0.25, 0.3) is 0 Å². The van der Waals surface area contributed by atoms with Crippen LogP contribution in [0.5, 0.6) is 0 Å². The molecule has 0 fully saturated rings. The monoisotopic (exact) mass is 612 g/mol. The summed E-state index contributed by atoms with van der Waals surface area (Å²) in [5.41, 5.74) is 3.04. The molecule has 0 amide bonds. The fraction of sp³-hybridized carbons (Fsp3) is 0.194. The van der Waals surface area contributed by atoms with Crippen LogP contribution in [0.3, 0.4) is 0 Å². The van der Waals surface area contributed by atoms with Crippen molar-refractivity contribution in [2.24, 2.45) is 0 Å². The first-order valence-electron chi connectivity index (χ1n) is 12.6. The van der Waals surface area contributed by atoms with E-state index in [0.717, 1.165) is 24.0 Å². The van der Waals surface area contributed by atoms with Gasteiger partial charge in [0.1, 0.15) is 0 Å². The van der Waals surface area contributed by atoms with Crippen LogP contribution in [0, 0.1) is 0 Å². The highest BCUT2D eigenvalue weighted by Gasteiger charge is 2.40. The zero-order chi connectivity index (χ0) is 27.7. The summed E-state index contributed by atoms with van der Waals surface area (Å²) in [6.07, 6.45) is 1.99. The minimum atomic E-state index is -4.55. The zero-order valence-electron chi connectivity index (χ0n) is 21.1. The molecular weight excluding hydrogens is 585 g/mol. The van der Waals surface area contributed by atoms with Crippen LogP contribution in [0.4, 0.5) is 9.05 Å². The van der Waals surface area contributed by atoms with Gasteiger partial charge in [-0.05, 0) is 63.1 Å². The molecule has 4 aromatic carbocycles. The highest BCUT2D eigenvalue weighted by atomic mass is 79.9. The second-order valence-electron chi connectivity index (χ2n) is 9.49. The lowest BCUT2D eigenvalue weighted by Crippen LogP contribution is -2.38. The van der Waals surface area contributed by atoms with E-state index in [4.69, 9.17) is 0 Å². The van der Waals surface area contributed by atoms with Crippen LogP contribution in [-0.4, -0.2) is 5.78 Å². The van der Waals surface area contributed by atoms with Crippen molar-refractivity contribution >= 4 is 29.3 Å². The average molecular weight is 613 g/mol. The van der Waals surface area contributed by atoms with E-state index in [1.165, 1.54) is 5.56 Å². The molecule has 0 radical (unpaired) electrons. The first kappa shape index (κ1) is 29.0. The molecule has 0 aliphatic carbocycles. The predicted octanol–water partition coefficient (Wildman–Crippen LogP) is 9.33. The largest absolute Gasteiger partial charge is 0.399 e. The Morgan fingerprint density at radius 1 is 0.795 bits per heavy atom. The fourth-order valence-corrected chi connectivity index (χ4v) is 6.56. The van der Waals surface area contributed by atoms with Crippen molar-refractivity contribution in [3.05, 3.63) is 141 Å². The quantitative estimate of drug-likeness (QED) is 0.111. The van der Waals surface area contributed by atoms with E-state index >= 15 is 0 Å². The van der Waals surface area contributed by atoms with Crippen molar-refractivity contribution in [2.45, 2.75) is 37.3 Å². The lowest BCUT2D eigenvalue weighted by Gasteiger charge is -2.34. The molecule has 1 unspecified atom stereocenters. The second-order valence-corrected chi connectivity index (χ2v) is 12.2. The molecule has 4 rings (SSSR count). The van der Waals surface area contributed by atoms with Crippen LogP contribution in [0.1, 0.15) is 45.5 Å². The Labute approximate surface area is 235 Å². The van der Waals surface area contributed by atoms with E-state index in [2.05, 4.69) is 37.5 Å². The number of carbonyl (C=O) groups is 1. The van der Waals surface area contributed by atoms with E-state index in [1.54, 1.807) is 18.2 Å². The van der Waals surface area contributed by atoms with Crippen molar-refractivity contribution in [3.63, 3.8) is 0 Å². The maximum atomic E-state index is 14.4. The molecule has 0 aliphatic rings. The van der Waals surface area contributed by atoms with Gasteiger partial charge in [0.15, 0.2) is 5.78 Å². The number of ketones is 1.